The first-order valence-electron chi connectivity index (χ1n) is 10.3. The zero-order chi connectivity index (χ0) is 25.4. The average Bonchev–Trinajstić information content (AvgIpc) is 3.23. The summed E-state index contributed by atoms with van der Waals surface area (Å²) in [6.45, 7) is 0. The minimum absolute atomic E-state index is 0.0375. The second-order valence-electron chi connectivity index (χ2n) is 7.87. The second-order valence-corrected chi connectivity index (χ2v) is 11.2. The van der Waals surface area contributed by atoms with Gasteiger partial charge in [0.05, 0.1) is 38.2 Å². The van der Waals surface area contributed by atoms with E-state index in [2.05, 4.69) is 9.73 Å². The maximum atomic E-state index is 12.8. The summed E-state index contributed by atoms with van der Waals surface area (Å²) in [5.74, 6) is -0.121. The molecular formula is C22H21F3N2O6S2. The molecule has 0 aliphatic carbocycles. The SMILES string of the molecule is COc1ccc(CC(=O)N=C2S[C@H]3CS(=O)(=O)C[C@H]3N2c2ccc(OC(F)(F)F)cc2)cc1OC. The summed E-state index contributed by atoms with van der Waals surface area (Å²) < 4.78 is 76.3. The van der Waals surface area contributed by atoms with Crippen LogP contribution in [0.15, 0.2) is 47.5 Å². The predicted molar refractivity (Wildman–Crippen MR) is 125 cm³/mol. The van der Waals surface area contributed by atoms with E-state index < -0.39 is 33.9 Å². The van der Waals surface area contributed by atoms with E-state index in [4.69, 9.17) is 9.47 Å². The number of amidine groups is 1. The molecule has 0 unspecified atom stereocenters. The number of alkyl halides is 3. The average molecular weight is 531 g/mol. The van der Waals surface area contributed by atoms with Crippen molar-refractivity contribution in [1.82, 2.24) is 0 Å². The molecule has 2 aromatic rings. The number of amides is 1. The number of carbonyl (C=O) groups is 1. The Morgan fingerprint density at radius 2 is 1.77 bits per heavy atom. The standard InChI is InChI=1S/C22H21F3N2O6S2/c1-31-17-8-3-13(9-18(17)32-2)10-20(28)26-21-27(16-11-35(29,30)12-19(16)34-21)14-4-6-15(7-5-14)33-22(23,24)25/h3-9,16,19H,10-12H2,1-2H3/t16-,19+/m1/s1. The fourth-order valence-corrected chi connectivity index (χ4v) is 7.92. The number of nitrogens with zero attached hydrogens (tertiary/aromatic N) is 2. The Hall–Kier alpha value is -2.93. The quantitative estimate of drug-likeness (QED) is 0.561. The minimum Gasteiger partial charge on any atom is -0.493 e. The highest BCUT2D eigenvalue weighted by Crippen LogP contribution is 2.41. The number of hydrogen-bond donors (Lipinski definition) is 0. The number of hydrogen-bond acceptors (Lipinski definition) is 7. The van der Waals surface area contributed by atoms with Crippen LogP contribution in [0.3, 0.4) is 0 Å². The van der Waals surface area contributed by atoms with Crippen molar-refractivity contribution < 1.29 is 40.6 Å². The van der Waals surface area contributed by atoms with Gasteiger partial charge in [0.1, 0.15) is 5.75 Å². The zero-order valence-electron chi connectivity index (χ0n) is 18.6. The summed E-state index contributed by atoms with van der Waals surface area (Å²) in [6, 6.07) is 9.57. The van der Waals surface area contributed by atoms with E-state index in [0.717, 1.165) is 12.1 Å². The minimum atomic E-state index is -4.83. The van der Waals surface area contributed by atoms with Gasteiger partial charge in [-0.15, -0.1) is 13.2 Å². The molecule has 0 spiro atoms. The lowest BCUT2D eigenvalue weighted by molar-refractivity contribution is -0.274. The van der Waals surface area contributed by atoms with Crippen molar-refractivity contribution in [3.8, 4) is 17.2 Å². The molecule has 0 saturated carbocycles. The Kier molecular flexibility index (Phi) is 6.91. The van der Waals surface area contributed by atoms with E-state index in [9.17, 15) is 26.4 Å². The van der Waals surface area contributed by atoms with E-state index in [1.54, 1.807) is 23.1 Å². The summed E-state index contributed by atoms with van der Waals surface area (Å²) in [4.78, 5) is 18.6. The first-order valence-corrected chi connectivity index (χ1v) is 13.0. The lowest BCUT2D eigenvalue weighted by atomic mass is 10.1. The van der Waals surface area contributed by atoms with Crippen molar-refractivity contribution in [2.75, 3.05) is 30.6 Å². The molecule has 4 rings (SSSR count). The normalized spacial score (nSPS) is 22.2. The molecular weight excluding hydrogens is 509 g/mol. The first kappa shape index (κ1) is 25.2. The molecule has 188 valence electrons. The number of carbonyl (C=O) groups excluding carboxylic acids is 1. The summed E-state index contributed by atoms with van der Waals surface area (Å²) in [6.07, 6.45) is -4.87. The number of aliphatic imine (C=N–C) groups is 1. The van der Waals surface area contributed by atoms with Crippen molar-refractivity contribution in [3.63, 3.8) is 0 Å². The molecule has 2 saturated heterocycles. The molecule has 0 N–H and O–H groups in total. The lowest BCUT2D eigenvalue weighted by Gasteiger charge is -2.24. The number of methoxy groups -OCH3 is 2. The van der Waals surface area contributed by atoms with Crippen molar-refractivity contribution in [3.05, 3.63) is 48.0 Å². The Morgan fingerprint density at radius 3 is 2.40 bits per heavy atom. The number of rotatable bonds is 6. The highest BCUT2D eigenvalue weighted by Gasteiger charge is 2.49. The van der Waals surface area contributed by atoms with Crippen LogP contribution in [0.2, 0.25) is 0 Å². The molecule has 2 aliphatic rings. The molecule has 8 nitrogen and oxygen atoms in total. The number of benzene rings is 2. The first-order chi connectivity index (χ1) is 16.5. The van der Waals surface area contributed by atoms with Crippen LogP contribution < -0.4 is 19.1 Å². The third kappa shape index (κ3) is 5.84. The van der Waals surface area contributed by atoms with Crippen LogP contribution in [-0.4, -0.2) is 62.9 Å². The number of ether oxygens (including phenoxy) is 3. The molecule has 13 heteroatoms. The van der Waals surface area contributed by atoms with E-state index in [0.29, 0.717) is 27.9 Å². The molecule has 2 aliphatic heterocycles. The Labute approximate surface area is 204 Å². The van der Waals surface area contributed by atoms with Crippen molar-refractivity contribution in [2.45, 2.75) is 24.1 Å². The van der Waals surface area contributed by atoms with E-state index >= 15 is 0 Å². The number of fused-ring (bicyclic) bond motifs is 1. The van der Waals surface area contributed by atoms with Gasteiger partial charge in [0.2, 0.25) is 0 Å². The summed E-state index contributed by atoms with van der Waals surface area (Å²) in [5.41, 5.74) is 1.05. The summed E-state index contributed by atoms with van der Waals surface area (Å²) in [7, 11) is -0.315. The Bertz CT molecular complexity index is 1250. The highest BCUT2D eigenvalue weighted by atomic mass is 32.2. The molecule has 2 atom stereocenters. The molecule has 2 heterocycles. The number of halogens is 3. The highest BCUT2D eigenvalue weighted by molar-refractivity contribution is 8.16. The Balaban J connectivity index is 1.60. The van der Waals surface area contributed by atoms with Gasteiger partial charge in [-0.2, -0.15) is 4.99 Å². The van der Waals surface area contributed by atoms with Crippen LogP contribution in [0.5, 0.6) is 17.2 Å². The van der Waals surface area contributed by atoms with Gasteiger partial charge in [0.15, 0.2) is 26.5 Å². The van der Waals surface area contributed by atoms with Crippen LogP contribution in [-0.2, 0) is 21.1 Å². The van der Waals surface area contributed by atoms with Crippen LogP contribution in [0.4, 0.5) is 18.9 Å². The van der Waals surface area contributed by atoms with Gasteiger partial charge >= 0.3 is 6.36 Å². The number of anilines is 1. The molecule has 0 aromatic heterocycles. The predicted octanol–water partition coefficient (Wildman–Crippen LogP) is 3.45. The molecule has 0 radical (unpaired) electrons. The Morgan fingerprint density at radius 1 is 1.09 bits per heavy atom. The lowest BCUT2D eigenvalue weighted by Crippen LogP contribution is -2.37. The fraction of sp³-hybridized carbons (Fsp3) is 0.364. The van der Waals surface area contributed by atoms with Crippen molar-refractivity contribution >= 4 is 38.4 Å². The van der Waals surface area contributed by atoms with E-state index in [1.165, 1.54) is 38.1 Å². The summed E-state index contributed by atoms with van der Waals surface area (Å²) in [5, 5.41) is -0.0522. The van der Waals surface area contributed by atoms with Gasteiger partial charge in [-0.3, -0.25) is 4.79 Å². The second kappa shape index (κ2) is 9.61. The van der Waals surface area contributed by atoms with Gasteiger partial charge in [-0.25, -0.2) is 8.42 Å². The number of sulfone groups is 1. The van der Waals surface area contributed by atoms with Crippen molar-refractivity contribution in [1.29, 1.82) is 0 Å². The maximum absolute atomic E-state index is 12.8. The monoisotopic (exact) mass is 530 g/mol. The number of thioether (sulfide) groups is 1. The van der Waals surface area contributed by atoms with E-state index in [-0.39, 0.29) is 23.2 Å². The van der Waals surface area contributed by atoms with Gasteiger partial charge in [0, 0.05) is 10.9 Å². The topological polar surface area (TPSA) is 94.5 Å². The zero-order valence-corrected chi connectivity index (χ0v) is 20.2. The van der Waals surface area contributed by atoms with Gasteiger partial charge in [0.25, 0.3) is 5.91 Å². The van der Waals surface area contributed by atoms with Crippen molar-refractivity contribution in [2.24, 2.45) is 4.99 Å². The molecule has 0 bridgehead atoms. The van der Waals surface area contributed by atoms with E-state index in [1.807, 2.05) is 0 Å². The van der Waals surface area contributed by atoms with Crippen LogP contribution in [0, 0.1) is 0 Å². The fourth-order valence-electron chi connectivity index (χ4n) is 3.99. The van der Waals surface area contributed by atoms with Gasteiger partial charge in [-0.1, -0.05) is 17.8 Å². The molecule has 35 heavy (non-hydrogen) atoms. The summed E-state index contributed by atoms with van der Waals surface area (Å²) >= 11 is 1.17. The maximum Gasteiger partial charge on any atom is 0.573 e. The molecule has 2 fully saturated rings. The van der Waals surface area contributed by atoms with Crippen LogP contribution >= 0.6 is 11.8 Å². The molecule has 2 aromatic carbocycles. The van der Waals surface area contributed by atoms with Gasteiger partial charge in [-0.05, 0) is 42.0 Å². The third-order valence-corrected chi connectivity index (χ3v) is 8.65. The largest absolute Gasteiger partial charge is 0.573 e. The van der Waals surface area contributed by atoms with Crippen LogP contribution in [0.25, 0.3) is 0 Å². The third-order valence-electron chi connectivity index (χ3n) is 5.44. The van der Waals surface area contributed by atoms with Crippen LogP contribution in [0.1, 0.15) is 5.56 Å². The smallest absolute Gasteiger partial charge is 0.493 e. The van der Waals surface area contributed by atoms with Gasteiger partial charge < -0.3 is 19.1 Å². The molecule has 1 amide bonds.